The third-order valence-corrected chi connectivity index (χ3v) is 5.02. The number of hydrogen-bond acceptors (Lipinski definition) is 4. The van der Waals surface area contributed by atoms with Gasteiger partial charge in [-0.05, 0) is 18.9 Å². The number of nitrogens with one attached hydrogen (secondary N) is 1. The number of rotatable bonds is 2. The number of aromatic nitrogens is 2. The van der Waals surface area contributed by atoms with Gasteiger partial charge in [0.2, 0.25) is 5.91 Å². The number of carbonyl (C=O) groups is 3. The van der Waals surface area contributed by atoms with Crippen molar-refractivity contribution in [1.82, 2.24) is 20.0 Å². The van der Waals surface area contributed by atoms with E-state index in [1.807, 2.05) is 0 Å². The van der Waals surface area contributed by atoms with Gasteiger partial charge < -0.3 is 14.9 Å². The summed E-state index contributed by atoms with van der Waals surface area (Å²) >= 11 is 0. The van der Waals surface area contributed by atoms with E-state index in [2.05, 4.69) is 10.2 Å². The van der Waals surface area contributed by atoms with Crippen molar-refractivity contribution >= 4 is 17.8 Å². The van der Waals surface area contributed by atoms with Crippen LogP contribution in [-0.4, -0.2) is 68.6 Å². The predicted octanol–water partition coefficient (Wildman–Crippen LogP) is -0.0526. The number of carboxylic acids is 1. The molecule has 0 aromatic carbocycles. The monoisotopic (exact) mass is 306 g/mol. The lowest BCUT2D eigenvalue weighted by molar-refractivity contribution is -0.145. The molecule has 8 heteroatoms. The van der Waals surface area contributed by atoms with E-state index in [9.17, 15) is 19.5 Å². The Morgan fingerprint density at radius 2 is 2.09 bits per heavy atom. The SMILES string of the molecule is CN1C(=O)C[C@H](C(=O)O)C12CCN(C(=O)c1ccn[nH]1)CC2. The van der Waals surface area contributed by atoms with Crippen LogP contribution in [0.2, 0.25) is 0 Å². The molecule has 118 valence electrons. The zero-order valence-corrected chi connectivity index (χ0v) is 12.3. The summed E-state index contributed by atoms with van der Waals surface area (Å²) < 4.78 is 0. The maximum atomic E-state index is 12.3. The molecule has 2 aliphatic rings. The molecular weight excluding hydrogens is 288 g/mol. The van der Waals surface area contributed by atoms with Crippen LogP contribution in [0.5, 0.6) is 0 Å². The quantitative estimate of drug-likeness (QED) is 0.796. The van der Waals surface area contributed by atoms with E-state index in [1.165, 1.54) is 6.20 Å². The van der Waals surface area contributed by atoms with Gasteiger partial charge in [0, 0.05) is 32.8 Å². The zero-order chi connectivity index (χ0) is 15.9. The third kappa shape index (κ3) is 2.06. The summed E-state index contributed by atoms with van der Waals surface area (Å²) in [5.41, 5.74) is -0.255. The number of likely N-dealkylation sites (tertiary alicyclic amines) is 2. The molecule has 0 radical (unpaired) electrons. The molecule has 2 fully saturated rings. The molecule has 0 unspecified atom stereocenters. The molecule has 2 N–H and O–H groups in total. The van der Waals surface area contributed by atoms with Crippen LogP contribution in [0.15, 0.2) is 12.3 Å². The van der Waals surface area contributed by atoms with Crippen LogP contribution in [0.4, 0.5) is 0 Å². The highest BCUT2D eigenvalue weighted by atomic mass is 16.4. The minimum Gasteiger partial charge on any atom is -0.481 e. The third-order valence-electron chi connectivity index (χ3n) is 5.02. The van der Waals surface area contributed by atoms with Crippen LogP contribution in [0.3, 0.4) is 0 Å². The van der Waals surface area contributed by atoms with Crippen molar-refractivity contribution in [2.75, 3.05) is 20.1 Å². The number of H-pyrrole nitrogens is 1. The zero-order valence-electron chi connectivity index (χ0n) is 12.3. The lowest BCUT2D eigenvalue weighted by Gasteiger charge is -2.45. The van der Waals surface area contributed by atoms with Crippen molar-refractivity contribution < 1.29 is 19.5 Å². The maximum absolute atomic E-state index is 12.3. The number of amides is 2. The second-order valence-electron chi connectivity index (χ2n) is 5.91. The summed E-state index contributed by atoms with van der Waals surface area (Å²) in [6.07, 6.45) is 2.51. The van der Waals surface area contributed by atoms with Crippen molar-refractivity contribution in [3.05, 3.63) is 18.0 Å². The van der Waals surface area contributed by atoms with Gasteiger partial charge in [0.15, 0.2) is 0 Å². The normalized spacial score (nSPS) is 24.0. The standard InChI is InChI=1S/C14H18N4O4/c1-17-11(19)8-9(13(21)22)14(17)3-6-18(7-4-14)12(20)10-2-5-15-16-10/h2,5,9H,3-4,6-8H2,1H3,(H,15,16)(H,21,22)/t9-/m1/s1. The summed E-state index contributed by atoms with van der Waals surface area (Å²) in [7, 11) is 1.66. The first-order valence-electron chi connectivity index (χ1n) is 7.24. The summed E-state index contributed by atoms with van der Waals surface area (Å²) in [4.78, 5) is 39.0. The van der Waals surface area contributed by atoms with E-state index in [1.54, 1.807) is 22.9 Å². The smallest absolute Gasteiger partial charge is 0.309 e. The molecule has 1 atom stereocenters. The minimum atomic E-state index is -0.939. The van der Waals surface area contributed by atoms with E-state index in [0.717, 1.165) is 0 Å². The average Bonchev–Trinajstić information content (AvgIpc) is 3.11. The first kappa shape index (κ1) is 14.6. The molecule has 0 aliphatic carbocycles. The number of aromatic amines is 1. The van der Waals surface area contributed by atoms with Crippen LogP contribution in [0.25, 0.3) is 0 Å². The molecule has 22 heavy (non-hydrogen) atoms. The maximum Gasteiger partial charge on any atom is 0.309 e. The Hall–Kier alpha value is -2.38. The van der Waals surface area contributed by atoms with Crippen LogP contribution in [-0.2, 0) is 9.59 Å². The molecule has 2 saturated heterocycles. The lowest BCUT2D eigenvalue weighted by atomic mass is 9.77. The molecule has 3 rings (SSSR count). The van der Waals surface area contributed by atoms with Gasteiger partial charge in [-0.1, -0.05) is 0 Å². The van der Waals surface area contributed by atoms with Crippen molar-refractivity contribution in [3.63, 3.8) is 0 Å². The van der Waals surface area contributed by atoms with E-state index in [0.29, 0.717) is 31.6 Å². The van der Waals surface area contributed by atoms with Gasteiger partial charge in [0.25, 0.3) is 5.91 Å². The fourth-order valence-electron chi connectivity index (χ4n) is 3.63. The second-order valence-corrected chi connectivity index (χ2v) is 5.91. The number of piperidine rings is 1. The molecule has 1 aromatic heterocycles. The number of carboxylic acid groups (broad SMARTS) is 1. The highest BCUT2D eigenvalue weighted by Gasteiger charge is 2.55. The number of carbonyl (C=O) groups excluding carboxylic acids is 2. The summed E-state index contributed by atoms with van der Waals surface area (Å²) in [6, 6.07) is 1.61. The topological polar surface area (TPSA) is 107 Å². The Labute approximate surface area is 127 Å². The Morgan fingerprint density at radius 1 is 1.41 bits per heavy atom. The van der Waals surface area contributed by atoms with E-state index >= 15 is 0 Å². The highest BCUT2D eigenvalue weighted by molar-refractivity contribution is 5.92. The number of nitrogens with zero attached hydrogens (tertiary/aromatic N) is 3. The van der Waals surface area contributed by atoms with Crippen molar-refractivity contribution in [3.8, 4) is 0 Å². The fourth-order valence-corrected chi connectivity index (χ4v) is 3.63. The van der Waals surface area contributed by atoms with Crippen molar-refractivity contribution in [2.45, 2.75) is 24.8 Å². The molecule has 0 bridgehead atoms. The van der Waals surface area contributed by atoms with Crippen LogP contribution >= 0.6 is 0 Å². The molecule has 2 amide bonds. The summed E-state index contributed by atoms with van der Waals surface area (Å²) in [5.74, 6) is -1.92. The van der Waals surface area contributed by atoms with Gasteiger partial charge in [-0.2, -0.15) is 5.10 Å². The molecule has 1 spiro atoms. The molecule has 3 heterocycles. The van der Waals surface area contributed by atoms with Gasteiger partial charge >= 0.3 is 5.97 Å². The van der Waals surface area contributed by atoms with E-state index < -0.39 is 17.4 Å². The van der Waals surface area contributed by atoms with Crippen LogP contribution < -0.4 is 0 Å². The van der Waals surface area contributed by atoms with E-state index in [-0.39, 0.29) is 18.2 Å². The fraction of sp³-hybridized carbons (Fsp3) is 0.571. The number of hydrogen-bond donors (Lipinski definition) is 2. The summed E-state index contributed by atoms with van der Waals surface area (Å²) in [6.45, 7) is 0.860. The lowest BCUT2D eigenvalue weighted by Crippen LogP contribution is -2.57. The Bertz CT molecular complexity index is 604. The Balaban J connectivity index is 1.76. The first-order chi connectivity index (χ1) is 10.5. The van der Waals surface area contributed by atoms with Crippen molar-refractivity contribution in [2.24, 2.45) is 5.92 Å². The molecule has 0 saturated carbocycles. The second kappa shape index (κ2) is 5.11. The largest absolute Gasteiger partial charge is 0.481 e. The van der Waals surface area contributed by atoms with Gasteiger partial charge in [-0.15, -0.1) is 0 Å². The molecule has 8 nitrogen and oxygen atoms in total. The van der Waals surface area contributed by atoms with Crippen LogP contribution in [0.1, 0.15) is 29.8 Å². The first-order valence-corrected chi connectivity index (χ1v) is 7.24. The van der Waals surface area contributed by atoms with E-state index in [4.69, 9.17) is 0 Å². The Morgan fingerprint density at radius 3 is 2.64 bits per heavy atom. The van der Waals surface area contributed by atoms with Crippen LogP contribution in [0, 0.1) is 5.92 Å². The molecule has 1 aromatic rings. The van der Waals surface area contributed by atoms with Gasteiger partial charge in [0.1, 0.15) is 5.69 Å². The highest BCUT2D eigenvalue weighted by Crippen LogP contribution is 2.42. The molecule has 2 aliphatic heterocycles. The van der Waals surface area contributed by atoms with Gasteiger partial charge in [0.05, 0.1) is 11.5 Å². The van der Waals surface area contributed by atoms with Gasteiger partial charge in [-0.25, -0.2) is 0 Å². The van der Waals surface area contributed by atoms with Crippen molar-refractivity contribution in [1.29, 1.82) is 0 Å². The minimum absolute atomic E-state index is 0.0420. The molecular formula is C14H18N4O4. The average molecular weight is 306 g/mol. The predicted molar refractivity (Wildman–Crippen MR) is 75.0 cm³/mol. The number of aliphatic carboxylic acids is 1. The Kier molecular flexibility index (Phi) is 3.38. The van der Waals surface area contributed by atoms with Gasteiger partial charge in [-0.3, -0.25) is 19.5 Å². The summed E-state index contributed by atoms with van der Waals surface area (Å²) in [5, 5.41) is 15.8.